The molecular formula is C14H26N2O4S. The lowest BCUT2D eigenvalue weighted by Gasteiger charge is -2.31. The smallest absolute Gasteiger partial charge is 0.220 e. The van der Waals surface area contributed by atoms with Crippen LogP contribution >= 0.6 is 0 Å². The summed E-state index contributed by atoms with van der Waals surface area (Å²) < 4.78 is 29.9. The van der Waals surface area contributed by atoms with Crippen molar-refractivity contribution in [3.8, 4) is 0 Å². The Kier molecular flexibility index (Phi) is 6.01. The minimum atomic E-state index is -3.18. The zero-order chi connectivity index (χ0) is 15.3. The van der Waals surface area contributed by atoms with E-state index in [1.54, 1.807) is 0 Å². The lowest BCUT2D eigenvalue weighted by Crippen LogP contribution is -2.49. The third-order valence-corrected chi connectivity index (χ3v) is 5.62. The number of morpholine rings is 1. The first-order chi connectivity index (χ1) is 9.95. The molecule has 1 saturated carbocycles. The van der Waals surface area contributed by atoms with E-state index in [0.29, 0.717) is 38.6 Å². The number of hydrogen-bond acceptors (Lipinski definition) is 4. The van der Waals surface area contributed by atoms with Crippen molar-refractivity contribution in [2.75, 3.05) is 32.5 Å². The van der Waals surface area contributed by atoms with E-state index in [1.165, 1.54) is 36.2 Å². The van der Waals surface area contributed by atoms with Crippen molar-refractivity contribution in [1.29, 1.82) is 0 Å². The normalized spacial score (nSPS) is 25.1. The molecule has 0 aromatic rings. The van der Waals surface area contributed by atoms with Gasteiger partial charge in [-0.1, -0.05) is 25.7 Å². The van der Waals surface area contributed by atoms with E-state index >= 15 is 0 Å². The molecule has 0 spiro atoms. The second kappa shape index (κ2) is 7.56. The minimum Gasteiger partial charge on any atom is -0.374 e. The van der Waals surface area contributed by atoms with Crippen LogP contribution in [0.1, 0.15) is 38.5 Å². The second-order valence-electron chi connectivity index (χ2n) is 6.11. The van der Waals surface area contributed by atoms with Crippen LogP contribution in [0, 0.1) is 5.92 Å². The number of ether oxygens (including phenoxy) is 1. The Bertz CT molecular complexity index is 446. The van der Waals surface area contributed by atoms with Gasteiger partial charge in [0.1, 0.15) is 0 Å². The van der Waals surface area contributed by atoms with Crippen molar-refractivity contribution < 1.29 is 17.9 Å². The Morgan fingerprint density at radius 3 is 2.71 bits per heavy atom. The van der Waals surface area contributed by atoms with E-state index in [2.05, 4.69) is 5.32 Å². The first-order valence-corrected chi connectivity index (χ1v) is 9.63. The zero-order valence-electron chi connectivity index (χ0n) is 12.7. The molecule has 21 heavy (non-hydrogen) atoms. The first-order valence-electron chi connectivity index (χ1n) is 7.78. The van der Waals surface area contributed by atoms with Crippen LogP contribution in [0.4, 0.5) is 0 Å². The second-order valence-corrected chi connectivity index (χ2v) is 8.09. The van der Waals surface area contributed by atoms with Gasteiger partial charge in [-0.15, -0.1) is 0 Å². The standard InChI is InChI=1S/C14H26N2O4S/c1-21(18,19)16-8-9-20-13(11-16)10-15-14(17)7-6-12-4-2-3-5-12/h12-13H,2-11H2,1H3,(H,15,17). The Morgan fingerprint density at radius 1 is 1.33 bits per heavy atom. The van der Waals surface area contributed by atoms with Gasteiger partial charge in [0.2, 0.25) is 15.9 Å². The van der Waals surface area contributed by atoms with Gasteiger partial charge in [0.05, 0.1) is 19.0 Å². The maximum absolute atomic E-state index is 11.8. The van der Waals surface area contributed by atoms with Gasteiger partial charge in [-0.2, -0.15) is 4.31 Å². The highest BCUT2D eigenvalue weighted by Gasteiger charge is 2.26. The molecule has 1 atom stereocenters. The average molecular weight is 318 g/mol. The van der Waals surface area contributed by atoms with E-state index in [0.717, 1.165) is 6.42 Å². The molecule has 1 heterocycles. The molecule has 2 fully saturated rings. The van der Waals surface area contributed by atoms with Gasteiger partial charge in [-0.25, -0.2) is 8.42 Å². The molecule has 1 saturated heterocycles. The van der Waals surface area contributed by atoms with Crippen molar-refractivity contribution in [3.05, 3.63) is 0 Å². The molecular weight excluding hydrogens is 292 g/mol. The van der Waals surface area contributed by atoms with E-state index in [1.807, 2.05) is 0 Å². The molecule has 1 amide bonds. The summed E-state index contributed by atoms with van der Waals surface area (Å²) >= 11 is 0. The predicted molar refractivity (Wildman–Crippen MR) is 80.4 cm³/mol. The third kappa shape index (κ3) is 5.56. The van der Waals surface area contributed by atoms with Crippen LogP contribution in [-0.2, 0) is 19.6 Å². The molecule has 1 N–H and O–H groups in total. The fraction of sp³-hybridized carbons (Fsp3) is 0.929. The number of carbonyl (C=O) groups excluding carboxylic acids is 1. The number of nitrogens with one attached hydrogen (secondary N) is 1. The molecule has 2 rings (SSSR count). The van der Waals surface area contributed by atoms with Crippen LogP contribution < -0.4 is 5.32 Å². The van der Waals surface area contributed by atoms with Gasteiger partial charge < -0.3 is 10.1 Å². The molecule has 122 valence electrons. The van der Waals surface area contributed by atoms with Crippen LogP contribution in [-0.4, -0.2) is 57.2 Å². The van der Waals surface area contributed by atoms with Crippen LogP contribution in [0.5, 0.6) is 0 Å². The van der Waals surface area contributed by atoms with Crippen LogP contribution in [0.15, 0.2) is 0 Å². The largest absolute Gasteiger partial charge is 0.374 e. The summed E-state index contributed by atoms with van der Waals surface area (Å²) in [4.78, 5) is 11.8. The molecule has 0 aromatic heterocycles. The lowest BCUT2D eigenvalue weighted by molar-refractivity contribution is -0.122. The van der Waals surface area contributed by atoms with Crippen molar-refractivity contribution in [2.45, 2.75) is 44.6 Å². The van der Waals surface area contributed by atoms with Gasteiger partial charge in [0.15, 0.2) is 0 Å². The van der Waals surface area contributed by atoms with Crippen LogP contribution in [0.3, 0.4) is 0 Å². The zero-order valence-corrected chi connectivity index (χ0v) is 13.5. The summed E-state index contributed by atoms with van der Waals surface area (Å²) in [7, 11) is -3.18. The number of amides is 1. The summed E-state index contributed by atoms with van der Waals surface area (Å²) in [5.41, 5.74) is 0. The van der Waals surface area contributed by atoms with Crippen molar-refractivity contribution in [3.63, 3.8) is 0 Å². The highest BCUT2D eigenvalue weighted by atomic mass is 32.2. The molecule has 1 aliphatic heterocycles. The molecule has 1 aliphatic carbocycles. The van der Waals surface area contributed by atoms with Gasteiger partial charge in [-0.05, 0) is 12.3 Å². The fourth-order valence-electron chi connectivity index (χ4n) is 3.07. The quantitative estimate of drug-likeness (QED) is 0.783. The maximum atomic E-state index is 11.8. The number of sulfonamides is 1. The summed E-state index contributed by atoms with van der Waals surface area (Å²) in [5.74, 6) is 0.754. The highest BCUT2D eigenvalue weighted by Crippen LogP contribution is 2.28. The van der Waals surface area contributed by atoms with Crippen LogP contribution in [0.2, 0.25) is 0 Å². The Morgan fingerprint density at radius 2 is 2.05 bits per heavy atom. The van der Waals surface area contributed by atoms with Crippen LogP contribution in [0.25, 0.3) is 0 Å². The third-order valence-electron chi connectivity index (χ3n) is 4.35. The molecule has 0 radical (unpaired) electrons. The monoisotopic (exact) mass is 318 g/mol. The first kappa shape index (κ1) is 16.7. The number of rotatable bonds is 6. The molecule has 1 unspecified atom stereocenters. The fourth-order valence-corrected chi connectivity index (χ4v) is 3.91. The number of hydrogen-bond donors (Lipinski definition) is 1. The van der Waals surface area contributed by atoms with E-state index in [9.17, 15) is 13.2 Å². The van der Waals surface area contributed by atoms with E-state index in [4.69, 9.17) is 4.74 Å². The van der Waals surface area contributed by atoms with E-state index in [-0.39, 0.29) is 12.0 Å². The van der Waals surface area contributed by atoms with Gasteiger partial charge in [0, 0.05) is 26.1 Å². The lowest BCUT2D eigenvalue weighted by atomic mass is 10.0. The Labute approximate surface area is 127 Å². The van der Waals surface area contributed by atoms with Crippen molar-refractivity contribution in [1.82, 2.24) is 9.62 Å². The molecule has 0 bridgehead atoms. The molecule has 6 nitrogen and oxygen atoms in total. The van der Waals surface area contributed by atoms with Gasteiger partial charge >= 0.3 is 0 Å². The number of nitrogens with zero attached hydrogens (tertiary/aromatic N) is 1. The average Bonchev–Trinajstić information content (AvgIpc) is 2.95. The van der Waals surface area contributed by atoms with Crippen molar-refractivity contribution >= 4 is 15.9 Å². The molecule has 0 aromatic carbocycles. The summed E-state index contributed by atoms with van der Waals surface area (Å²) in [5, 5.41) is 2.86. The Balaban J connectivity index is 1.66. The summed E-state index contributed by atoms with van der Waals surface area (Å²) in [6.45, 7) is 1.48. The maximum Gasteiger partial charge on any atom is 0.220 e. The summed E-state index contributed by atoms with van der Waals surface area (Å²) in [6, 6.07) is 0. The SMILES string of the molecule is CS(=O)(=O)N1CCOC(CNC(=O)CCC2CCCC2)C1. The predicted octanol–water partition coefficient (Wildman–Crippen LogP) is 0.733. The van der Waals surface area contributed by atoms with Gasteiger partial charge in [-0.3, -0.25) is 4.79 Å². The molecule has 2 aliphatic rings. The highest BCUT2D eigenvalue weighted by molar-refractivity contribution is 7.88. The topological polar surface area (TPSA) is 75.7 Å². The van der Waals surface area contributed by atoms with Crippen molar-refractivity contribution in [2.24, 2.45) is 5.92 Å². The number of carbonyl (C=O) groups is 1. The Hall–Kier alpha value is -0.660. The molecule has 7 heteroatoms. The minimum absolute atomic E-state index is 0.0435. The summed E-state index contributed by atoms with van der Waals surface area (Å²) in [6.07, 6.45) is 7.58. The van der Waals surface area contributed by atoms with E-state index < -0.39 is 10.0 Å². The van der Waals surface area contributed by atoms with Gasteiger partial charge in [0.25, 0.3) is 0 Å².